The van der Waals surface area contributed by atoms with Crippen LogP contribution >= 0.6 is 11.8 Å². The molecule has 0 radical (unpaired) electrons. The Kier molecular flexibility index (Phi) is 7.13. The Bertz CT molecular complexity index is 370. The summed E-state index contributed by atoms with van der Waals surface area (Å²) in [6.07, 6.45) is 5.95. The molecule has 0 saturated heterocycles. The zero-order valence-electron chi connectivity index (χ0n) is 8.00. The van der Waals surface area contributed by atoms with Crippen LogP contribution in [0.3, 0.4) is 0 Å². The van der Waals surface area contributed by atoms with Crippen molar-refractivity contribution in [3.05, 3.63) is 23.1 Å². The highest BCUT2D eigenvalue weighted by molar-refractivity contribution is 8.02. The highest BCUT2D eigenvalue weighted by Gasteiger charge is 1.79. The molecule has 72 valence electrons. The van der Waals surface area contributed by atoms with Crippen molar-refractivity contribution in [3.8, 4) is 23.7 Å². The Labute approximate surface area is 88.1 Å². The van der Waals surface area contributed by atoms with Gasteiger partial charge < -0.3 is 5.11 Å². The molecule has 0 rings (SSSR count). The van der Waals surface area contributed by atoms with Gasteiger partial charge in [0.05, 0.1) is 0 Å². The number of carbonyl (C=O) groups is 1. The molecule has 0 aromatic carbocycles. The maximum absolute atomic E-state index is 10.0. The van der Waals surface area contributed by atoms with Crippen LogP contribution in [0.5, 0.6) is 0 Å². The molecule has 0 aromatic heterocycles. The summed E-state index contributed by atoms with van der Waals surface area (Å²) in [5.74, 6) is 9.30. The Hall–Kier alpha value is -1.58. The highest BCUT2D eigenvalue weighted by atomic mass is 32.2. The van der Waals surface area contributed by atoms with Gasteiger partial charge in [-0.15, -0.1) is 11.8 Å². The second-order valence-electron chi connectivity index (χ2n) is 2.17. The molecule has 1 N–H and O–H groups in total. The summed E-state index contributed by atoms with van der Waals surface area (Å²) in [5, 5.41) is 8.22. The van der Waals surface area contributed by atoms with E-state index in [1.54, 1.807) is 17.8 Å². The van der Waals surface area contributed by atoms with Crippen molar-refractivity contribution >= 4 is 17.7 Å². The SMILES string of the molecule is CS/C(C)=C/C#CC#C/C=C/C(=O)O. The summed E-state index contributed by atoms with van der Waals surface area (Å²) in [5.41, 5.74) is 0. The average Bonchev–Trinajstić information content (AvgIpc) is 2.15. The number of hydrogen-bond acceptors (Lipinski definition) is 2. The maximum Gasteiger partial charge on any atom is 0.328 e. The average molecular weight is 206 g/mol. The lowest BCUT2D eigenvalue weighted by Crippen LogP contribution is -1.84. The van der Waals surface area contributed by atoms with Crippen molar-refractivity contribution in [1.29, 1.82) is 0 Å². The van der Waals surface area contributed by atoms with E-state index in [-0.39, 0.29) is 0 Å². The molecule has 0 spiro atoms. The van der Waals surface area contributed by atoms with E-state index >= 15 is 0 Å². The number of thioether (sulfide) groups is 1. The summed E-state index contributed by atoms with van der Waals surface area (Å²) < 4.78 is 0. The first-order valence-electron chi connectivity index (χ1n) is 3.78. The monoisotopic (exact) mass is 206 g/mol. The normalized spacial score (nSPS) is 10.0. The second kappa shape index (κ2) is 8.04. The van der Waals surface area contributed by atoms with Gasteiger partial charge in [-0.2, -0.15) is 0 Å². The highest BCUT2D eigenvalue weighted by Crippen LogP contribution is 2.07. The molecule has 0 aliphatic carbocycles. The lowest BCUT2D eigenvalue weighted by molar-refractivity contribution is -0.131. The van der Waals surface area contributed by atoms with Crippen molar-refractivity contribution in [3.63, 3.8) is 0 Å². The Morgan fingerprint density at radius 1 is 1.36 bits per heavy atom. The van der Waals surface area contributed by atoms with Crippen molar-refractivity contribution in [2.45, 2.75) is 6.92 Å². The van der Waals surface area contributed by atoms with Gasteiger partial charge in [0.2, 0.25) is 0 Å². The van der Waals surface area contributed by atoms with Crippen LogP contribution in [0, 0.1) is 23.7 Å². The Morgan fingerprint density at radius 3 is 2.57 bits per heavy atom. The van der Waals surface area contributed by atoms with Gasteiger partial charge in [-0.05, 0) is 42.1 Å². The zero-order chi connectivity index (χ0) is 10.8. The number of allylic oxidation sites excluding steroid dienone is 3. The largest absolute Gasteiger partial charge is 0.478 e. The van der Waals surface area contributed by atoms with Crippen LogP contribution in [0.25, 0.3) is 0 Å². The van der Waals surface area contributed by atoms with Gasteiger partial charge in [-0.1, -0.05) is 11.8 Å². The first kappa shape index (κ1) is 12.4. The molecule has 2 nitrogen and oxygen atoms in total. The molecule has 14 heavy (non-hydrogen) atoms. The third kappa shape index (κ3) is 8.52. The quantitative estimate of drug-likeness (QED) is 0.554. The fraction of sp³-hybridized carbons (Fsp3) is 0.182. The third-order valence-electron chi connectivity index (χ3n) is 1.11. The molecule has 3 heteroatoms. The van der Waals surface area contributed by atoms with E-state index in [0.717, 1.165) is 11.0 Å². The van der Waals surface area contributed by atoms with Crippen LogP contribution in [0.4, 0.5) is 0 Å². The maximum atomic E-state index is 10.0. The first-order chi connectivity index (χ1) is 6.66. The van der Waals surface area contributed by atoms with E-state index < -0.39 is 5.97 Å². The van der Waals surface area contributed by atoms with E-state index in [4.69, 9.17) is 5.11 Å². The molecule has 0 bridgehead atoms. The van der Waals surface area contributed by atoms with Gasteiger partial charge in [0.1, 0.15) is 0 Å². The van der Waals surface area contributed by atoms with Crippen molar-refractivity contribution < 1.29 is 9.90 Å². The van der Waals surface area contributed by atoms with Crippen LogP contribution in [-0.4, -0.2) is 17.3 Å². The van der Waals surface area contributed by atoms with Crippen LogP contribution in [0.2, 0.25) is 0 Å². The van der Waals surface area contributed by atoms with Gasteiger partial charge >= 0.3 is 5.97 Å². The zero-order valence-corrected chi connectivity index (χ0v) is 8.81. The summed E-state index contributed by atoms with van der Waals surface area (Å²) in [6, 6.07) is 0. The lowest BCUT2D eigenvalue weighted by atomic mass is 10.4. The second-order valence-corrected chi connectivity index (χ2v) is 3.22. The summed E-state index contributed by atoms with van der Waals surface area (Å²) >= 11 is 1.62. The van der Waals surface area contributed by atoms with Crippen LogP contribution in [0.1, 0.15) is 6.92 Å². The summed E-state index contributed by atoms with van der Waals surface area (Å²) in [6.45, 7) is 1.96. The number of aliphatic carboxylic acids is 1. The van der Waals surface area contributed by atoms with Crippen LogP contribution < -0.4 is 0 Å². The van der Waals surface area contributed by atoms with Gasteiger partial charge in [0, 0.05) is 6.08 Å². The molecule has 0 aliphatic rings. The fourth-order valence-electron chi connectivity index (χ4n) is 0.423. The van der Waals surface area contributed by atoms with Gasteiger partial charge in [-0.3, -0.25) is 0 Å². The summed E-state index contributed by atoms with van der Waals surface area (Å²) in [4.78, 5) is 11.1. The summed E-state index contributed by atoms with van der Waals surface area (Å²) in [7, 11) is 0. The van der Waals surface area contributed by atoms with Gasteiger partial charge in [-0.25, -0.2) is 4.79 Å². The van der Waals surface area contributed by atoms with E-state index in [9.17, 15) is 4.79 Å². The van der Waals surface area contributed by atoms with Crippen LogP contribution in [0.15, 0.2) is 23.1 Å². The minimum atomic E-state index is -1.01. The number of carboxylic acids is 1. The molecule has 0 fully saturated rings. The predicted octanol–water partition coefficient (Wildman–Crippen LogP) is 1.90. The molecular formula is C11H10O2S. The van der Waals surface area contributed by atoms with Crippen molar-refractivity contribution in [2.24, 2.45) is 0 Å². The fourth-order valence-corrected chi connectivity index (χ4v) is 0.600. The number of hydrogen-bond donors (Lipinski definition) is 1. The molecule has 0 aromatic rings. The molecular weight excluding hydrogens is 196 g/mol. The van der Waals surface area contributed by atoms with E-state index in [1.807, 2.05) is 13.2 Å². The third-order valence-corrected chi connectivity index (χ3v) is 1.88. The van der Waals surface area contributed by atoms with Crippen molar-refractivity contribution in [1.82, 2.24) is 0 Å². The molecule has 0 atom stereocenters. The Morgan fingerprint density at radius 2 is 2.00 bits per heavy atom. The van der Waals surface area contributed by atoms with E-state index in [1.165, 1.54) is 6.08 Å². The molecule has 0 unspecified atom stereocenters. The molecule has 0 amide bonds. The standard InChI is InChI=1S/C11H10O2S/c1-10(14-2)8-6-4-3-5-7-9-11(12)13/h7-9H,1-2H3,(H,12,13)/b9-7+,10-8+. The van der Waals surface area contributed by atoms with Crippen LogP contribution in [-0.2, 0) is 4.79 Å². The minimum Gasteiger partial charge on any atom is -0.478 e. The smallest absolute Gasteiger partial charge is 0.328 e. The van der Waals surface area contributed by atoms with Gasteiger partial charge in [0.15, 0.2) is 0 Å². The van der Waals surface area contributed by atoms with Crippen molar-refractivity contribution in [2.75, 3.05) is 6.26 Å². The van der Waals surface area contributed by atoms with E-state index in [0.29, 0.717) is 0 Å². The molecule has 0 saturated carbocycles. The lowest BCUT2D eigenvalue weighted by Gasteiger charge is -1.84. The topological polar surface area (TPSA) is 37.3 Å². The van der Waals surface area contributed by atoms with Gasteiger partial charge in [0.25, 0.3) is 0 Å². The molecule has 0 aliphatic heterocycles. The number of rotatable bonds is 2. The van der Waals surface area contributed by atoms with E-state index in [2.05, 4.69) is 23.7 Å². The molecule has 0 heterocycles. The Balaban J connectivity index is 4.10. The predicted molar refractivity (Wildman–Crippen MR) is 59.6 cm³/mol. The first-order valence-corrected chi connectivity index (χ1v) is 5.00. The minimum absolute atomic E-state index is 0.970. The number of carboxylic acid groups (broad SMARTS) is 1.